The molecule has 4 atom stereocenters. The number of hydrogen-bond donors (Lipinski definition) is 1. The zero-order valence-electron chi connectivity index (χ0n) is 12.5. The van der Waals surface area contributed by atoms with Crippen LogP contribution in [0.2, 0.25) is 0 Å². The number of hydrogen-bond acceptors (Lipinski definition) is 1. The van der Waals surface area contributed by atoms with Gasteiger partial charge in [-0.1, -0.05) is 53.4 Å². The maximum Gasteiger partial charge on any atom is 0.0101 e. The lowest BCUT2D eigenvalue weighted by atomic mass is 9.90. The summed E-state index contributed by atoms with van der Waals surface area (Å²) in [5.41, 5.74) is 0. The van der Waals surface area contributed by atoms with E-state index in [1.54, 1.807) is 0 Å². The molecule has 1 saturated carbocycles. The Balaban J connectivity index is 2.34. The van der Waals surface area contributed by atoms with Crippen molar-refractivity contribution in [2.45, 2.75) is 78.7 Å². The Morgan fingerprint density at radius 2 is 1.88 bits per heavy atom. The first kappa shape index (κ1) is 15.0. The van der Waals surface area contributed by atoms with Crippen LogP contribution < -0.4 is 5.32 Å². The number of nitrogens with one attached hydrogen (secondary N) is 1. The van der Waals surface area contributed by atoms with Crippen molar-refractivity contribution in [1.82, 2.24) is 5.32 Å². The van der Waals surface area contributed by atoms with E-state index >= 15 is 0 Å². The van der Waals surface area contributed by atoms with Crippen LogP contribution in [0.25, 0.3) is 0 Å². The van der Waals surface area contributed by atoms with Gasteiger partial charge in [0.25, 0.3) is 0 Å². The molecular formula is C16H33N. The molecule has 1 aliphatic rings. The Labute approximate surface area is 109 Å². The van der Waals surface area contributed by atoms with Gasteiger partial charge >= 0.3 is 0 Å². The zero-order valence-corrected chi connectivity index (χ0v) is 12.5. The van der Waals surface area contributed by atoms with E-state index in [9.17, 15) is 0 Å². The Hall–Kier alpha value is -0.0400. The van der Waals surface area contributed by atoms with Crippen molar-refractivity contribution in [1.29, 1.82) is 0 Å². The minimum Gasteiger partial charge on any atom is -0.314 e. The van der Waals surface area contributed by atoms with E-state index < -0.39 is 0 Å². The van der Waals surface area contributed by atoms with Crippen LogP contribution in [0.5, 0.6) is 0 Å². The molecule has 0 aromatic carbocycles. The molecule has 0 saturated heterocycles. The molecular weight excluding hydrogens is 206 g/mol. The Morgan fingerprint density at radius 3 is 2.35 bits per heavy atom. The highest BCUT2D eigenvalue weighted by atomic mass is 14.9. The van der Waals surface area contributed by atoms with Gasteiger partial charge in [0.15, 0.2) is 0 Å². The van der Waals surface area contributed by atoms with Crippen molar-refractivity contribution in [3.05, 3.63) is 0 Å². The molecule has 0 aliphatic heterocycles. The lowest BCUT2D eigenvalue weighted by Crippen LogP contribution is -2.34. The molecule has 1 nitrogen and oxygen atoms in total. The largest absolute Gasteiger partial charge is 0.314 e. The highest BCUT2D eigenvalue weighted by Gasteiger charge is 2.39. The molecule has 1 heteroatoms. The van der Waals surface area contributed by atoms with Crippen molar-refractivity contribution >= 4 is 0 Å². The summed E-state index contributed by atoms with van der Waals surface area (Å²) in [5.74, 6) is 2.92. The fourth-order valence-electron chi connectivity index (χ4n) is 2.99. The molecule has 4 unspecified atom stereocenters. The van der Waals surface area contributed by atoms with Crippen LogP contribution in [0, 0.1) is 17.8 Å². The van der Waals surface area contributed by atoms with E-state index in [0.29, 0.717) is 0 Å². The summed E-state index contributed by atoms with van der Waals surface area (Å²) in [7, 11) is 0. The topological polar surface area (TPSA) is 12.0 Å². The third kappa shape index (κ3) is 5.42. The second-order valence-electron chi connectivity index (χ2n) is 6.09. The van der Waals surface area contributed by atoms with Crippen LogP contribution in [-0.2, 0) is 0 Å². The highest BCUT2D eigenvalue weighted by Crippen LogP contribution is 2.42. The van der Waals surface area contributed by atoms with Gasteiger partial charge in [-0.3, -0.25) is 0 Å². The first-order valence-corrected chi connectivity index (χ1v) is 7.96. The maximum atomic E-state index is 3.80. The summed E-state index contributed by atoms with van der Waals surface area (Å²) in [6.07, 6.45) is 9.73. The average molecular weight is 239 g/mol. The van der Waals surface area contributed by atoms with Gasteiger partial charge in [0, 0.05) is 6.04 Å². The quantitative estimate of drug-likeness (QED) is 0.586. The van der Waals surface area contributed by atoms with Crippen LogP contribution in [0.4, 0.5) is 0 Å². The third-order valence-corrected chi connectivity index (χ3v) is 4.48. The maximum absolute atomic E-state index is 3.80. The summed E-state index contributed by atoms with van der Waals surface area (Å²) in [5, 5.41) is 3.80. The van der Waals surface area contributed by atoms with Gasteiger partial charge in [-0.25, -0.2) is 0 Å². The molecule has 0 heterocycles. The first-order valence-electron chi connectivity index (χ1n) is 7.96. The minimum atomic E-state index is 0.812. The minimum absolute atomic E-state index is 0.812. The second kappa shape index (κ2) is 8.13. The Morgan fingerprint density at radius 1 is 1.18 bits per heavy atom. The van der Waals surface area contributed by atoms with Crippen LogP contribution in [0.1, 0.15) is 72.6 Å². The first-order chi connectivity index (χ1) is 8.22. The van der Waals surface area contributed by atoms with E-state index in [4.69, 9.17) is 0 Å². The summed E-state index contributed by atoms with van der Waals surface area (Å²) < 4.78 is 0. The molecule has 1 aliphatic carbocycles. The van der Waals surface area contributed by atoms with Crippen molar-refractivity contribution in [3.63, 3.8) is 0 Å². The summed E-state index contributed by atoms with van der Waals surface area (Å²) in [6, 6.07) is 0.812. The molecule has 102 valence electrons. The SMILES string of the molecule is CCCCC(CC)CC(NCCC)C1CC1C. The standard InChI is InChI=1S/C16H33N/c1-5-8-9-14(7-3)12-16(17-10-6-2)15-11-13(15)4/h13-17H,5-12H2,1-4H3. The van der Waals surface area contributed by atoms with Crippen molar-refractivity contribution < 1.29 is 0 Å². The molecule has 0 amide bonds. The fraction of sp³-hybridized carbons (Fsp3) is 1.00. The van der Waals surface area contributed by atoms with Crippen LogP contribution in [-0.4, -0.2) is 12.6 Å². The van der Waals surface area contributed by atoms with E-state index in [1.807, 2.05) is 0 Å². The molecule has 0 aromatic rings. The number of rotatable bonds is 10. The fourth-order valence-corrected chi connectivity index (χ4v) is 2.99. The molecule has 0 aromatic heterocycles. The molecule has 0 bridgehead atoms. The molecule has 1 N–H and O–H groups in total. The van der Waals surface area contributed by atoms with Gasteiger partial charge in [0.05, 0.1) is 0 Å². The van der Waals surface area contributed by atoms with Crippen molar-refractivity contribution in [2.75, 3.05) is 6.54 Å². The van der Waals surface area contributed by atoms with Crippen LogP contribution in [0.3, 0.4) is 0 Å². The zero-order chi connectivity index (χ0) is 12.7. The summed E-state index contributed by atoms with van der Waals surface area (Å²) in [4.78, 5) is 0. The third-order valence-electron chi connectivity index (χ3n) is 4.48. The molecule has 1 fully saturated rings. The van der Waals surface area contributed by atoms with Gasteiger partial charge in [-0.15, -0.1) is 0 Å². The van der Waals surface area contributed by atoms with Crippen molar-refractivity contribution in [2.24, 2.45) is 17.8 Å². The lowest BCUT2D eigenvalue weighted by Gasteiger charge is -2.24. The second-order valence-corrected chi connectivity index (χ2v) is 6.09. The van der Waals surface area contributed by atoms with Crippen LogP contribution in [0.15, 0.2) is 0 Å². The van der Waals surface area contributed by atoms with Gasteiger partial charge < -0.3 is 5.32 Å². The normalized spacial score (nSPS) is 26.8. The Bertz CT molecular complexity index is 190. The van der Waals surface area contributed by atoms with E-state index in [2.05, 4.69) is 33.0 Å². The monoisotopic (exact) mass is 239 g/mol. The van der Waals surface area contributed by atoms with E-state index in [-0.39, 0.29) is 0 Å². The average Bonchev–Trinajstić information content (AvgIpc) is 3.05. The number of unbranched alkanes of at least 4 members (excludes halogenated alkanes) is 1. The van der Waals surface area contributed by atoms with Gasteiger partial charge in [-0.2, -0.15) is 0 Å². The van der Waals surface area contributed by atoms with E-state index in [0.717, 1.165) is 23.8 Å². The summed E-state index contributed by atoms with van der Waals surface area (Å²) >= 11 is 0. The molecule has 17 heavy (non-hydrogen) atoms. The predicted molar refractivity (Wildman–Crippen MR) is 77.3 cm³/mol. The Kier molecular flexibility index (Phi) is 7.18. The molecule has 0 spiro atoms. The van der Waals surface area contributed by atoms with E-state index in [1.165, 1.54) is 51.5 Å². The molecule has 0 radical (unpaired) electrons. The highest BCUT2D eigenvalue weighted by molar-refractivity contribution is 4.93. The van der Waals surface area contributed by atoms with Crippen LogP contribution >= 0.6 is 0 Å². The van der Waals surface area contributed by atoms with Gasteiger partial charge in [0.2, 0.25) is 0 Å². The lowest BCUT2D eigenvalue weighted by molar-refractivity contribution is 0.321. The summed E-state index contributed by atoms with van der Waals surface area (Å²) in [6.45, 7) is 10.6. The van der Waals surface area contributed by atoms with Crippen molar-refractivity contribution in [3.8, 4) is 0 Å². The predicted octanol–water partition coefficient (Wildman–Crippen LogP) is 4.62. The van der Waals surface area contributed by atoms with Gasteiger partial charge in [0.1, 0.15) is 0 Å². The smallest absolute Gasteiger partial charge is 0.0101 e. The van der Waals surface area contributed by atoms with Gasteiger partial charge in [-0.05, 0) is 43.6 Å². The molecule has 1 rings (SSSR count).